The van der Waals surface area contributed by atoms with Crippen molar-refractivity contribution in [3.8, 4) is 0 Å². The van der Waals surface area contributed by atoms with E-state index in [1.807, 2.05) is 0 Å². The van der Waals surface area contributed by atoms with Crippen molar-refractivity contribution in [1.82, 2.24) is 24.6 Å². The van der Waals surface area contributed by atoms with Gasteiger partial charge in [0.15, 0.2) is 18.1 Å². The molecule has 0 aliphatic rings. The first-order valence-corrected chi connectivity index (χ1v) is 9.92. The normalized spacial score (nSPS) is 11.2. The standard InChI is InChI=1S/C19H18N6O4S/c1-4-28-19(27)14-9(2)12-15(20)22-11(23-17(12)30-14)8-29-18(26)13-10(3)24-25-7-5-6-21-16(13)25/h5-7H,4,8H2,1-3H3,(H2,20,22,23). The fraction of sp³-hybridized carbons (Fsp3) is 0.263. The second-order valence-corrected chi connectivity index (χ2v) is 7.41. The molecule has 2 N–H and O–H groups in total. The van der Waals surface area contributed by atoms with Crippen LogP contribution in [0.5, 0.6) is 0 Å². The van der Waals surface area contributed by atoms with Gasteiger partial charge in [-0.2, -0.15) is 5.10 Å². The first-order chi connectivity index (χ1) is 14.4. The summed E-state index contributed by atoms with van der Waals surface area (Å²) in [5.41, 5.74) is 7.94. The predicted molar refractivity (Wildman–Crippen MR) is 109 cm³/mol. The number of nitrogens with two attached hydrogens (primary N) is 1. The van der Waals surface area contributed by atoms with Gasteiger partial charge < -0.3 is 15.2 Å². The Kier molecular flexibility index (Phi) is 5.04. The lowest BCUT2D eigenvalue weighted by Crippen LogP contribution is -2.09. The number of fused-ring (bicyclic) bond motifs is 2. The quantitative estimate of drug-likeness (QED) is 0.477. The molecule has 0 amide bonds. The van der Waals surface area contributed by atoms with E-state index < -0.39 is 11.9 Å². The highest BCUT2D eigenvalue weighted by atomic mass is 32.1. The lowest BCUT2D eigenvalue weighted by atomic mass is 10.2. The van der Waals surface area contributed by atoms with Crippen LogP contribution in [0.4, 0.5) is 5.82 Å². The van der Waals surface area contributed by atoms with Crippen molar-refractivity contribution in [3.05, 3.63) is 46.0 Å². The Morgan fingerprint density at radius 3 is 2.77 bits per heavy atom. The molecule has 0 aliphatic carbocycles. The Bertz CT molecular complexity index is 1300. The number of hydrogen-bond donors (Lipinski definition) is 1. The Morgan fingerprint density at radius 1 is 1.20 bits per heavy atom. The number of aryl methyl sites for hydroxylation is 2. The van der Waals surface area contributed by atoms with Gasteiger partial charge in [-0.25, -0.2) is 29.1 Å². The van der Waals surface area contributed by atoms with Crippen molar-refractivity contribution in [1.29, 1.82) is 0 Å². The van der Waals surface area contributed by atoms with Crippen LogP contribution in [0, 0.1) is 13.8 Å². The SMILES string of the molecule is CCOC(=O)c1sc2nc(COC(=O)c3c(C)nn4cccnc34)nc(N)c2c1C. The topological polar surface area (TPSA) is 135 Å². The number of nitrogens with zero attached hydrogens (tertiary/aromatic N) is 5. The molecule has 10 nitrogen and oxygen atoms in total. The van der Waals surface area contributed by atoms with Gasteiger partial charge in [0.1, 0.15) is 21.1 Å². The molecule has 30 heavy (non-hydrogen) atoms. The monoisotopic (exact) mass is 426 g/mol. The van der Waals surface area contributed by atoms with Crippen LogP contribution < -0.4 is 5.73 Å². The molecule has 4 heterocycles. The molecule has 4 rings (SSSR count). The van der Waals surface area contributed by atoms with Crippen LogP contribution in [-0.2, 0) is 16.1 Å². The molecule has 0 radical (unpaired) electrons. The number of aromatic nitrogens is 5. The molecule has 11 heteroatoms. The van der Waals surface area contributed by atoms with Crippen LogP contribution in [0.15, 0.2) is 18.5 Å². The van der Waals surface area contributed by atoms with Crippen LogP contribution in [-0.4, -0.2) is 43.1 Å². The van der Waals surface area contributed by atoms with Gasteiger partial charge >= 0.3 is 11.9 Å². The highest BCUT2D eigenvalue weighted by molar-refractivity contribution is 7.20. The van der Waals surface area contributed by atoms with Crippen LogP contribution >= 0.6 is 11.3 Å². The van der Waals surface area contributed by atoms with Crippen LogP contribution in [0.25, 0.3) is 15.9 Å². The van der Waals surface area contributed by atoms with Crippen molar-refractivity contribution in [2.45, 2.75) is 27.4 Å². The summed E-state index contributed by atoms with van der Waals surface area (Å²) in [7, 11) is 0. The van der Waals surface area contributed by atoms with E-state index in [0.29, 0.717) is 32.0 Å². The maximum atomic E-state index is 12.6. The van der Waals surface area contributed by atoms with Crippen molar-refractivity contribution in [2.75, 3.05) is 12.3 Å². The third-order valence-corrected chi connectivity index (χ3v) is 5.60. The maximum Gasteiger partial charge on any atom is 0.348 e. The van der Waals surface area contributed by atoms with Crippen molar-refractivity contribution in [3.63, 3.8) is 0 Å². The van der Waals surface area contributed by atoms with Crippen molar-refractivity contribution in [2.24, 2.45) is 0 Å². The molecule has 0 saturated carbocycles. The first kappa shape index (κ1) is 19.7. The number of ether oxygens (including phenoxy) is 2. The van der Waals surface area contributed by atoms with Gasteiger partial charge in [0.05, 0.1) is 17.7 Å². The summed E-state index contributed by atoms with van der Waals surface area (Å²) in [5.74, 6) is -0.573. The molecule has 0 saturated heterocycles. The lowest BCUT2D eigenvalue weighted by molar-refractivity contribution is 0.0462. The second-order valence-electron chi connectivity index (χ2n) is 6.41. The fourth-order valence-electron chi connectivity index (χ4n) is 3.11. The summed E-state index contributed by atoms with van der Waals surface area (Å²) in [6.45, 7) is 5.30. The summed E-state index contributed by atoms with van der Waals surface area (Å²) in [6.07, 6.45) is 3.27. The van der Waals surface area contributed by atoms with E-state index in [0.717, 1.165) is 0 Å². The Balaban J connectivity index is 1.60. The zero-order valence-electron chi connectivity index (χ0n) is 16.5. The summed E-state index contributed by atoms with van der Waals surface area (Å²) < 4.78 is 12.0. The van der Waals surface area contributed by atoms with Crippen LogP contribution in [0.3, 0.4) is 0 Å². The number of carbonyl (C=O) groups is 2. The molecule has 4 aromatic rings. The zero-order valence-corrected chi connectivity index (χ0v) is 17.3. The average molecular weight is 426 g/mol. The molecular weight excluding hydrogens is 408 g/mol. The molecule has 0 spiro atoms. The predicted octanol–water partition coefficient (Wildman–Crippen LogP) is 2.47. The van der Waals surface area contributed by atoms with Crippen LogP contribution in [0.1, 0.15) is 44.0 Å². The van der Waals surface area contributed by atoms with E-state index in [4.69, 9.17) is 15.2 Å². The summed E-state index contributed by atoms with van der Waals surface area (Å²) >= 11 is 1.17. The van der Waals surface area contributed by atoms with E-state index in [-0.39, 0.29) is 30.4 Å². The van der Waals surface area contributed by atoms with Gasteiger partial charge in [0, 0.05) is 12.4 Å². The number of carbonyl (C=O) groups excluding carboxylic acids is 2. The highest BCUT2D eigenvalue weighted by Crippen LogP contribution is 2.33. The molecule has 0 unspecified atom stereocenters. The number of nitrogen functional groups attached to an aromatic ring is 1. The summed E-state index contributed by atoms with van der Waals surface area (Å²) in [5, 5.41) is 4.85. The second kappa shape index (κ2) is 7.67. The fourth-order valence-corrected chi connectivity index (χ4v) is 4.21. The average Bonchev–Trinajstić information content (AvgIpc) is 3.22. The minimum atomic E-state index is -0.585. The number of rotatable bonds is 5. The van der Waals surface area contributed by atoms with Crippen LogP contribution in [0.2, 0.25) is 0 Å². The van der Waals surface area contributed by atoms with Gasteiger partial charge in [0.25, 0.3) is 0 Å². The minimum absolute atomic E-state index is 0.186. The molecule has 154 valence electrons. The molecule has 0 fully saturated rings. The van der Waals surface area contributed by atoms with Gasteiger partial charge in [-0.05, 0) is 32.4 Å². The Hall–Kier alpha value is -3.60. The summed E-state index contributed by atoms with van der Waals surface area (Å²) in [6, 6.07) is 1.72. The number of anilines is 1. The highest BCUT2D eigenvalue weighted by Gasteiger charge is 2.22. The molecule has 4 aromatic heterocycles. The van der Waals surface area contributed by atoms with E-state index >= 15 is 0 Å². The van der Waals surface area contributed by atoms with Gasteiger partial charge in [-0.1, -0.05) is 0 Å². The Labute approximate surface area is 174 Å². The number of thiophene rings is 1. The lowest BCUT2D eigenvalue weighted by Gasteiger charge is -2.05. The first-order valence-electron chi connectivity index (χ1n) is 9.10. The summed E-state index contributed by atoms with van der Waals surface area (Å²) in [4.78, 5) is 38.5. The van der Waals surface area contributed by atoms with E-state index in [9.17, 15) is 9.59 Å². The smallest absolute Gasteiger partial charge is 0.348 e. The molecule has 0 aliphatic heterocycles. The maximum absolute atomic E-state index is 12.6. The molecule has 0 aromatic carbocycles. The van der Waals surface area contributed by atoms with Gasteiger partial charge in [-0.3, -0.25) is 0 Å². The van der Waals surface area contributed by atoms with Gasteiger partial charge in [-0.15, -0.1) is 11.3 Å². The van der Waals surface area contributed by atoms with E-state index in [1.165, 1.54) is 15.9 Å². The van der Waals surface area contributed by atoms with E-state index in [1.54, 1.807) is 39.2 Å². The zero-order chi connectivity index (χ0) is 21.4. The third kappa shape index (κ3) is 3.32. The number of esters is 2. The molecular formula is C19H18N6O4S. The Morgan fingerprint density at radius 2 is 2.00 bits per heavy atom. The third-order valence-electron chi connectivity index (χ3n) is 4.43. The molecule has 0 bridgehead atoms. The minimum Gasteiger partial charge on any atom is -0.462 e. The molecule has 0 atom stereocenters. The number of hydrogen-bond acceptors (Lipinski definition) is 10. The van der Waals surface area contributed by atoms with Gasteiger partial charge in [0.2, 0.25) is 0 Å². The largest absolute Gasteiger partial charge is 0.462 e. The van der Waals surface area contributed by atoms with Crippen molar-refractivity contribution >= 4 is 45.0 Å². The van der Waals surface area contributed by atoms with Crippen molar-refractivity contribution < 1.29 is 19.1 Å². The van der Waals surface area contributed by atoms with E-state index in [2.05, 4.69) is 20.1 Å².